The van der Waals surface area contributed by atoms with E-state index in [-0.39, 0.29) is 42.1 Å². The highest BCUT2D eigenvalue weighted by Gasteiger charge is 2.59. The molecular weight excluding hydrogens is 306 g/mol. The van der Waals surface area contributed by atoms with Gasteiger partial charge in [-0.25, -0.2) is 4.79 Å². The van der Waals surface area contributed by atoms with Crippen molar-refractivity contribution in [2.24, 2.45) is 23.7 Å². The maximum Gasteiger partial charge on any atom is 0.339 e. The lowest BCUT2D eigenvalue weighted by Crippen LogP contribution is -2.32. The molecule has 5 nitrogen and oxygen atoms in total. The van der Waals surface area contributed by atoms with Crippen molar-refractivity contribution in [2.45, 2.75) is 6.42 Å². The van der Waals surface area contributed by atoms with Crippen molar-refractivity contribution < 1.29 is 19.1 Å². The first-order valence-electron chi connectivity index (χ1n) is 7.88. The van der Waals surface area contributed by atoms with E-state index in [4.69, 9.17) is 11.2 Å². The van der Waals surface area contributed by atoms with Crippen molar-refractivity contribution in [3.63, 3.8) is 0 Å². The molecule has 0 N–H and O–H groups in total. The number of benzene rings is 1. The number of nitrogens with zero attached hydrogens (tertiary/aromatic N) is 1. The molecule has 1 aromatic rings. The van der Waals surface area contributed by atoms with Gasteiger partial charge in [-0.2, -0.15) is 0 Å². The van der Waals surface area contributed by atoms with E-state index in [9.17, 15) is 14.4 Å². The van der Waals surface area contributed by atoms with Crippen LogP contribution < -0.4 is 4.90 Å². The topological polar surface area (TPSA) is 63.7 Å². The molecule has 24 heavy (non-hydrogen) atoms. The molecule has 2 aliphatic carbocycles. The minimum atomic E-state index is -0.530. The van der Waals surface area contributed by atoms with Crippen LogP contribution in [0.3, 0.4) is 0 Å². The van der Waals surface area contributed by atoms with Gasteiger partial charge in [-0.1, -0.05) is 18.1 Å². The van der Waals surface area contributed by atoms with Crippen molar-refractivity contribution in [3.05, 3.63) is 42.0 Å². The Kier molecular flexibility index (Phi) is 3.27. The summed E-state index contributed by atoms with van der Waals surface area (Å²) in [5.74, 6) is 1.33. The summed E-state index contributed by atoms with van der Waals surface area (Å²) in [6, 6.07) is 6.27. The van der Waals surface area contributed by atoms with Crippen molar-refractivity contribution >= 4 is 23.5 Å². The Hall–Kier alpha value is -2.87. The van der Waals surface area contributed by atoms with Gasteiger partial charge >= 0.3 is 5.97 Å². The highest BCUT2D eigenvalue weighted by atomic mass is 16.5. The molecule has 0 aromatic heterocycles. The van der Waals surface area contributed by atoms with Gasteiger partial charge in [0.1, 0.15) is 0 Å². The van der Waals surface area contributed by atoms with Crippen LogP contribution in [0.2, 0.25) is 0 Å². The van der Waals surface area contributed by atoms with Crippen LogP contribution in [0.1, 0.15) is 16.8 Å². The molecule has 5 heteroatoms. The Morgan fingerprint density at radius 3 is 2.25 bits per heavy atom. The van der Waals surface area contributed by atoms with Gasteiger partial charge in [-0.05, 0) is 42.5 Å². The van der Waals surface area contributed by atoms with Gasteiger partial charge in [0.05, 0.1) is 23.1 Å². The highest BCUT2D eigenvalue weighted by Crippen LogP contribution is 2.53. The molecule has 1 heterocycles. The van der Waals surface area contributed by atoms with Gasteiger partial charge in [-0.3, -0.25) is 14.5 Å². The predicted molar refractivity (Wildman–Crippen MR) is 85.8 cm³/mol. The average molecular weight is 321 g/mol. The number of allylic oxidation sites excluding steroid dienone is 2. The summed E-state index contributed by atoms with van der Waals surface area (Å²) in [4.78, 5) is 38.4. The second-order valence-electron chi connectivity index (χ2n) is 6.34. The van der Waals surface area contributed by atoms with Crippen LogP contribution in [0.15, 0.2) is 36.4 Å². The predicted octanol–water partition coefficient (Wildman–Crippen LogP) is 1.79. The largest absolute Gasteiger partial charge is 0.449 e. The number of esters is 1. The number of fused-ring (bicyclic) bond motifs is 5. The zero-order chi connectivity index (χ0) is 16.8. The van der Waals surface area contributed by atoms with E-state index in [0.717, 1.165) is 6.42 Å². The number of imide groups is 1. The van der Waals surface area contributed by atoms with E-state index in [2.05, 4.69) is 18.1 Å². The highest BCUT2D eigenvalue weighted by molar-refractivity contribution is 6.22. The molecule has 1 aromatic carbocycles. The summed E-state index contributed by atoms with van der Waals surface area (Å²) in [6.45, 7) is -0.0944. The fraction of sp³-hybridized carbons (Fsp3) is 0.316. The Morgan fingerprint density at radius 1 is 1.12 bits per heavy atom. The smallest absolute Gasteiger partial charge is 0.339 e. The standard InChI is InChI=1S/C19H15NO4/c1-2-9-24-19(23)11-5-7-14(8-6-11)20-17(21)15-12-3-4-13(10-12)16(15)18(20)22/h1,3-8,12-13,15-16H,9-10H2/t12-,13+,15-,16+. The van der Waals surface area contributed by atoms with E-state index in [1.54, 1.807) is 12.1 Å². The second kappa shape index (κ2) is 5.34. The van der Waals surface area contributed by atoms with Crippen LogP contribution in [0.4, 0.5) is 5.69 Å². The van der Waals surface area contributed by atoms with Gasteiger partial charge in [0, 0.05) is 0 Å². The molecule has 0 unspecified atom stereocenters. The van der Waals surface area contributed by atoms with Crippen molar-refractivity contribution in [3.8, 4) is 12.3 Å². The van der Waals surface area contributed by atoms with Gasteiger partial charge in [-0.15, -0.1) is 6.42 Å². The first-order chi connectivity index (χ1) is 11.6. The van der Waals surface area contributed by atoms with E-state index in [1.165, 1.54) is 17.0 Å². The summed E-state index contributed by atoms with van der Waals surface area (Å²) >= 11 is 0. The van der Waals surface area contributed by atoms with E-state index >= 15 is 0 Å². The monoisotopic (exact) mass is 321 g/mol. The summed E-state index contributed by atoms with van der Waals surface area (Å²) in [7, 11) is 0. The second-order valence-corrected chi connectivity index (χ2v) is 6.34. The van der Waals surface area contributed by atoms with Crippen LogP contribution in [0.25, 0.3) is 0 Å². The van der Waals surface area contributed by atoms with Crippen LogP contribution in [-0.4, -0.2) is 24.4 Å². The van der Waals surface area contributed by atoms with Crippen molar-refractivity contribution in [2.75, 3.05) is 11.5 Å². The number of hydrogen-bond acceptors (Lipinski definition) is 4. The number of terminal acetylenes is 1. The third kappa shape index (κ3) is 2.00. The van der Waals surface area contributed by atoms with Crippen LogP contribution in [-0.2, 0) is 14.3 Å². The molecule has 4 rings (SSSR count). The molecule has 0 spiro atoms. The lowest BCUT2D eigenvalue weighted by molar-refractivity contribution is -0.123. The van der Waals surface area contributed by atoms with Gasteiger partial charge in [0.2, 0.25) is 11.8 Å². The Morgan fingerprint density at radius 2 is 1.71 bits per heavy atom. The fourth-order valence-electron chi connectivity index (χ4n) is 4.09. The van der Waals surface area contributed by atoms with Gasteiger partial charge in [0.15, 0.2) is 6.61 Å². The molecule has 4 atom stereocenters. The zero-order valence-electron chi connectivity index (χ0n) is 12.8. The number of carbonyl (C=O) groups excluding carboxylic acids is 3. The normalized spacial score (nSPS) is 29.7. The van der Waals surface area contributed by atoms with Crippen LogP contribution >= 0.6 is 0 Å². The molecule has 2 fully saturated rings. The number of anilines is 1. The maximum absolute atomic E-state index is 12.7. The molecule has 1 saturated heterocycles. The first kappa shape index (κ1) is 14.7. The molecule has 1 saturated carbocycles. The van der Waals surface area contributed by atoms with Crippen molar-refractivity contribution in [1.82, 2.24) is 0 Å². The summed E-state index contributed by atoms with van der Waals surface area (Å²) in [6.07, 6.45) is 10.1. The maximum atomic E-state index is 12.7. The summed E-state index contributed by atoms with van der Waals surface area (Å²) in [5.41, 5.74) is 0.822. The Bertz CT molecular complexity index is 772. The van der Waals surface area contributed by atoms with Gasteiger partial charge in [0.25, 0.3) is 0 Å². The van der Waals surface area contributed by atoms with Crippen molar-refractivity contribution in [1.29, 1.82) is 0 Å². The fourth-order valence-corrected chi connectivity index (χ4v) is 4.09. The van der Waals surface area contributed by atoms with E-state index in [1.807, 2.05) is 0 Å². The zero-order valence-corrected chi connectivity index (χ0v) is 12.8. The molecular formula is C19H15NO4. The van der Waals surface area contributed by atoms with Gasteiger partial charge < -0.3 is 4.74 Å². The van der Waals surface area contributed by atoms with E-state index < -0.39 is 5.97 Å². The molecule has 3 aliphatic rings. The van der Waals surface area contributed by atoms with Crippen LogP contribution in [0.5, 0.6) is 0 Å². The Balaban J connectivity index is 1.57. The number of carbonyl (C=O) groups is 3. The lowest BCUT2D eigenvalue weighted by atomic mass is 9.85. The summed E-state index contributed by atoms with van der Waals surface area (Å²) < 4.78 is 4.85. The number of ether oxygens (including phenoxy) is 1. The molecule has 120 valence electrons. The van der Waals surface area contributed by atoms with E-state index in [0.29, 0.717) is 11.3 Å². The minimum Gasteiger partial charge on any atom is -0.449 e. The molecule has 0 radical (unpaired) electrons. The Labute approximate surface area is 139 Å². The lowest BCUT2D eigenvalue weighted by Gasteiger charge is -2.17. The quantitative estimate of drug-likeness (QED) is 0.368. The average Bonchev–Trinajstić information content (AvgIpc) is 3.27. The number of hydrogen-bond donors (Lipinski definition) is 0. The molecule has 1 aliphatic heterocycles. The molecule has 2 bridgehead atoms. The number of rotatable bonds is 3. The third-order valence-electron chi connectivity index (χ3n) is 5.12. The first-order valence-corrected chi connectivity index (χ1v) is 7.88. The number of amides is 2. The van der Waals surface area contributed by atoms with Crippen LogP contribution in [0, 0.1) is 36.0 Å². The minimum absolute atomic E-state index is 0.0944. The molecule has 2 amide bonds. The summed E-state index contributed by atoms with van der Waals surface area (Å²) in [5, 5.41) is 0. The SMILES string of the molecule is C#CCOC(=O)c1ccc(N2C(=O)[C@@H]3[C@H](C2=O)[C@@H]2C=C[C@H]3C2)cc1. The third-order valence-corrected chi connectivity index (χ3v) is 5.12.